The number of carbonyl (C=O) groups excluding carboxylic acids is 4. The number of aliphatic hydroxyl groups is 4. The van der Waals surface area contributed by atoms with Crippen LogP contribution >= 0.6 is 0 Å². The van der Waals surface area contributed by atoms with Crippen LogP contribution in [-0.2, 0) is 30.0 Å². The number of hydrogen-bond donors (Lipinski definition) is 8. The molecule has 248 valence electrons. The number of phenols is 1. The molecule has 2 aromatic rings. The van der Waals surface area contributed by atoms with Crippen molar-refractivity contribution in [2.45, 2.75) is 42.4 Å². The van der Waals surface area contributed by atoms with Crippen molar-refractivity contribution in [1.29, 1.82) is 0 Å². The summed E-state index contributed by atoms with van der Waals surface area (Å²) < 4.78 is 24.6. The zero-order chi connectivity index (χ0) is 34.7. The molecule has 0 saturated heterocycles. The zero-order valence-corrected chi connectivity index (χ0v) is 26.0. The number of nitrogens with zero attached hydrogens (tertiary/aromatic N) is 1. The zero-order valence-electron chi connectivity index (χ0n) is 25.2. The molecule has 0 unspecified atom stereocenters. The van der Waals surface area contributed by atoms with Gasteiger partial charge < -0.3 is 37.0 Å². The van der Waals surface area contributed by atoms with Gasteiger partial charge in [0.25, 0.3) is 15.9 Å². The van der Waals surface area contributed by atoms with Crippen molar-refractivity contribution < 1.29 is 53.1 Å². The van der Waals surface area contributed by atoms with Gasteiger partial charge in [-0.15, -0.1) is 0 Å². The third-order valence-corrected chi connectivity index (χ3v) is 9.94. The number of ketones is 2. The number of hydrogen-bond acceptors (Lipinski definition) is 13. The fourth-order valence-electron chi connectivity index (χ4n) is 6.40. The van der Waals surface area contributed by atoms with Crippen molar-refractivity contribution in [3.63, 3.8) is 0 Å². The number of aliphatic hydroxyl groups excluding tert-OH is 2. The number of likely N-dealkylation sites (N-methyl/N-ethyl adjacent to an activating group) is 1. The number of Topliss-reactive ketones (excluding diaryl/α,β-unsaturated/α-hetero) is 2. The molecule has 2 aromatic carbocycles. The van der Waals surface area contributed by atoms with Crippen molar-refractivity contribution in [1.82, 2.24) is 9.62 Å². The monoisotopic (exact) mass is 682 g/mol. The van der Waals surface area contributed by atoms with E-state index >= 15 is 0 Å². The maximum atomic E-state index is 13.3. The topological polar surface area (TPSA) is 271 Å². The van der Waals surface area contributed by atoms with E-state index in [1.54, 1.807) is 0 Å². The summed E-state index contributed by atoms with van der Waals surface area (Å²) in [6.45, 7) is 2.54. The molecular formula is C30H35N4NaO11S. The van der Waals surface area contributed by atoms with E-state index in [4.69, 9.17) is 11.5 Å². The van der Waals surface area contributed by atoms with Crippen LogP contribution in [0.5, 0.6) is 5.75 Å². The number of nitrogens with two attached hydrogens (primary N) is 2. The number of rotatable bonds is 4. The summed E-state index contributed by atoms with van der Waals surface area (Å²) in [6, 6.07) is 8.62. The summed E-state index contributed by atoms with van der Waals surface area (Å²) in [5.74, 6) is -8.51. The Hall–Kier alpha value is -3.77. The molecule has 3 aliphatic carbocycles. The van der Waals surface area contributed by atoms with Crippen LogP contribution in [0.15, 0.2) is 70.0 Å². The molecule has 0 aromatic heterocycles. The molecule has 10 N–H and O–H groups in total. The van der Waals surface area contributed by atoms with Crippen molar-refractivity contribution >= 4 is 68.6 Å². The Labute approximate surface area is 291 Å². The third kappa shape index (κ3) is 6.17. The second kappa shape index (κ2) is 13.0. The molecule has 0 bridgehead atoms. The predicted octanol–water partition coefficient (Wildman–Crippen LogP) is -0.769. The van der Waals surface area contributed by atoms with Crippen LogP contribution in [0.1, 0.15) is 36.2 Å². The second-order valence-corrected chi connectivity index (χ2v) is 13.4. The van der Waals surface area contributed by atoms with Gasteiger partial charge in [-0.05, 0) is 63.3 Å². The van der Waals surface area contributed by atoms with E-state index in [1.165, 1.54) is 68.4 Å². The standard InChI is InChI=1S/C22H24N2O8.C8H10N2O3S.Na.H/c1-21(31)8-5-4-6-11(25)12(8)16(26)13-9(21)7-10-15(24(2)3)17(27)14(20(23)30)19(29)22(10,32)18(13)28;1-6(11)10-14(12,13)8-4-2-7(9)3-5-8;;/h4-6,9-10,15,25,27-28,31-32H,7H2,1-3H3,(H2,23,30);2-5H,9H2,1H3,(H,10,11);;/t9-,10-,15-,21+,22-;;;/m0.../s1. The summed E-state index contributed by atoms with van der Waals surface area (Å²) in [4.78, 5) is 50.5. The fourth-order valence-corrected chi connectivity index (χ4v) is 7.39. The third-order valence-electron chi connectivity index (χ3n) is 8.49. The average Bonchev–Trinajstić information content (AvgIpc) is 2.93. The van der Waals surface area contributed by atoms with Gasteiger partial charge >= 0.3 is 29.6 Å². The fraction of sp³-hybridized carbons (Fsp3) is 0.333. The predicted molar refractivity (Wildman–Crippen MR) is 169 cm³/mol. The van der Waals surface area contributed by atoms with Crippen LogP contribution in [0.25, 0.3) is 0 Å². The summed E-state index contributed by atoms with van der Waals surface area (Å²) in [5, 5.41) is 55.0. The Balaban J connectivity index is 0.000000338. The summed E-state index contributed by atoms with van der Waals surface area (Å²) in [7, 11) is -0.669. The molecule has 0 heterocycles. The first-order valence-corrected chi connectivity index (χ1v) is 15.3. The molecule has 0 spiro atoms. The normalized spacial score (nSPS) is 26.7. The van der Waals surface area contributed by atoms with Gasteiger partial charge in [0, 0.05) is 30.0 Å². The second-order valence-electron chi connectivity index (χ2n) is 11.7. The average molecular weight is 683 g/mol. The molecule has 15 nitrogen and oxygen atoms in total. The van der Waals surface area contributed by atoms with E-state index < -0.39 is 90.9 Å². The minimum absolute atomic E-state index is 0. The van der Waals surface area contributed by atoms with E-state index in [9.17, 15) is 53.1 Å². The number of primary amides is 1. The van der Waals surface area contributed by atoms with Gasteiger partial charge in [-0.3, -0.25) is 24.1 Å². The molecule has 3 aliphatic rings. The summed E-state index contributed by atoms with van der Waals surface area (Å²) >= 11 is 0. The van der Waals surface area contributed by atoms with Crippen LogP contribution in [0, 0.1) is 11.8 Å². The van der Waals surface area contributed by atoms with Crippen LogP contribution < -0.4 is 16.2 Å². The van der Waals surface area contributed by atoms with Gasteiger partial charge in [-0.1, -0.05) is 12.1 Å². The number of nitrogen functional groups attached to an aromatic ring is 1. The van der Waals surface area contributed by atoms with E-state index in [0.717, 1.165) is 6.92 Å². The number of carbonyl (C=O) groups is 4. The van der Waals surface area contributed by atoms with Crippen LogP contribution in [0.2, 0.25) is 0 Å². The SMILES string of the molecule is CC(=O)NS(=O)(=O)c1ccc(N)cc1.CN(C)[C@@H]1C(O)=C(C(N)=O)C(=O)[C@@]2(O)C(O)=C3C(=O)c4c(O)cccc4[C@@](C)(O)[C@H]3C[C@@H]12.[NaH]. The Morgan fingerprint density at radius 2 is 1.60 bits per heavy atom. The van der Waals surface area contributed by atoms with E-state index in [-0.39, 0.29) is 52.0 Å². The van der Waals surface area contributed by atoms with Crippen LogP contribution in [0.4, 0.5) is 5.69 Å². The number of benzene rings is 2. The van der Waals surface area contributed by atoms with Gasteiger partial charge in [0.1, 0.15) is 22.8 Å². The van der Waals surface area contributed by atoms with Gasteiger partial charge in [0.05, 0.1) is 22.1 Å². The van der Waals surface area contributed by atoms with Crippen molar-refractivity contribution in [3.8, 4) is 5.75 Å². The first kappa shape index (κ1) is 37.7. The maximum absolute atomic E-state index is 13.3. The molecule has 5 atom stereocenters. The number of fused-ring (bicyclic) bond motifs is 3. The minimum atomic E-state index is -3.73. The van der Waals surface area contributed by atoms with Crippen molar-refractivity contribution in [3.05, 3.63) is 76.3 Å². The quantitative estimate of drug-likeness (QED) is 0.112. The van der Waals surface area contributed by atoms with Crippen molar-refractivity contribution in [2.24, 2.45) is 17.6 Å². The number of sulfonamides is 1. The van der Waals surface area contributed by atoms with E-state index in [1.807, 2.05) is 4.72 Å². The molecule has 0 aliphatic heterocycles. The molecule has 5 rings (SSSR count). The summed E-state index contributed by atoms with van der Waals surface area (Å²) in [6.07, 6.45) is -0.200. The molecular weight excluding hydrogens is 647 g/mol. The van der Waals surface area contributed by atoms with Crippen LogP contribution in [-0.4, -0.2) is 118 Å². The van der Waals surface area contributed by atoms with Gasteiger partial charge in [0.2, 0.25) is 11.7 Å². The summed E-state index contributed by atoms with van der Waals surface area (Å²) in [5.41, 5.74) is 5.20. The Kier molecular flexibility index (Phi) is 10.4. The first-order valence-electron chi connectivity index (χ1n) is 13.8. The molecule has 0 radical (unpaired) electrons. The number of anilines is 1. The number of aromatic hydroxyl groups is 1. The van der Waals surface area contributed by atoms with Crippen LogP contribution in [0.3, 0.4) is 0 Å². The van der Waals surface area contributed by atoms with E-state index in [0.29, 0.717) is 5.69 Å². The number of phenolic OH excluding ortho intramolecular Hbond substituents is 1. The van der Waals surface area contributed by atoms with E-state index in [2.05, 4.69) is 0 Å². The van der Waals surface area contributed by atoms with Crippen molar-refractivity contribution in [2.75, 3.05) is 19.8 Å². The Morgan fingerprint density at radius 3 is 2.11 bits per heavy atom. The molecule has 2 amide bonds. The molecule has 0 saturated carbocycles. The van der Waals surface area contributed by atoms with Gasteiger partial charge in [-0.2, -0.15) is 0 Å². The molecule has 0 fully saturated rings. The Morgan fingerprint density at radius 1 is 1.02 bits per heavy atom. The first-order chi connectivity index (χ1) is 21.2. The van der Waals surface area contributed by atoms with Gasteiger partial charge in [-0.25, -0.2) is 13.1 Å². The van der Waals surface area contributed by atoms with Gasteiger partial charge in [0.15, 0.2) is 11.4 Å². The molecule has 47 heavy (non-hydrogen) atoms. The number of nitrogens with one attached hydrogen (secondary N) is 1. The molecule has 17 heteroatoms. The Bertz CT molecular complexity index is 1840. The number of amides is 2.